The molecule has 0 aromatic heterocycles. The fourth-order valence-corrected chi connectivity index (χ4v) is 6.78. The number of nitrogens with zero attached hydrogens (tertiary/aromatic N) is 1. The molecule has 0 aromatic carbocycles. The molecule has 12 nitrogen and oxygen atoms in total. The van der Waals surface area contributed by atoms with Gasteiger partial charge < -0.3 is 35.4 Å². The van der Waals surface area contributed by atoms with Crippen LogP contribution in [0, 0.1) is 5.92 Å². The van der Waals surface area contributed by atoms with Crippen LogP contribution in [0.25, 0.3) is 0 Å². The molecule has 0 saturated carbocycles. The molecule has 1 heterocycles. The standard InChI is InChI=1S/C38H71N3O9/c1-3-5-7-9-11-13-15-16-18-20-22-24-33(45)41(27-23-21-19-17-14-12-10-8-6-4-2)38(39)35(37(49)36(48)31(29-42)50-38)30(43)28-40-32(44)25-26-34(46)47/h31,35-37,42,48-49H,3-29,39H2,1-2H3,(H,40,44)(H,46,47)/t31-,35-,36+,37-,38+/m1/s1. The summed E-state index contributed by atoms with van der Waals surface area (Å²) in [4.78, 5) is 51.8. The lowest BCUT2D eigenvalue weighted by molar-refractivity contribution is -0.291. The Morgan fingerprint density at radius 3 is 1.60 bits per heavy atom. The van der Waals surface area contributed by atoms with Crippen LogP contribution in [0.2, 0.25) is 0 Å². The molecule has 0 aromatic rings. The lowest BCUT2D eigenvalue weighted by atomic mass is 9.82. The lowest BCUT2D eigenvalue weighted by Crippen LogP contribution is -2.75. The van der Waals surface area contributed by atoms with Gasteiger partial charge in [-0.25, -0.2) is 0 Å². The number of carbonyl (C=O) groups excluding carboxylic acids is 3. The third-order valence-electron chi connectivity index (χ3n) is 9.86. The number of aliphatic hydroxyl groups excluding tert-OH is 3. The van der Waals surface area contributed by atoms with Gasteiger partial charge in [0.15, 0.2) is 5.78 Å². The molecule has 1 saturated heterocycles. The fourth-order valence-electron chi connectivity index (χ4n) is 6.78. The van der Waals surface area contributed by atoms with Crippen LogP contribution in [-0.2, 0) is 23.9 Å². The number of aliphatic carboxylic acids is 1. The molecule has 1 rings (SSSR count). The van der Waals surface area contributed by atoms with Gasteiger partial charge in [-0.2, -0.15) is 0 Å². The summed E-state index contributed by atoms with van der Waals surface area (Å²) >= 11 is 0. The van der Waals surface area contributed by atoms with E-state index in [1.54, 1.807) is 0 Å². The van der Waals surface area contributed by atoms with E-state index < -0.39 is 67.3 Å². The van der Waals surface area contributed by atoms with Crippen molar-refractivity contribution in [1.82, 2.24) is 10.2 Å². The van der Waals surface area contributed by atoms with Gasteiger partial charge in [0.25, 0.3) is 0 Å². The Balaban J connectivity index is 2.97. The molecule has 7 N–H and O–H groups in total. The summed E-state index contributed by atoms with van der Waals surface area (Å²) in [7, 11) is 0. The third kappa shape index (κ3) is 17.9. The van der Waals surface area contributed by atoms with Crippen LogP contribution in [0.1, 0.15) is 168 Å². The average Bonchev–Trinajstić information content (AvgIpc) is 3.09. The van der Waals surface area contributed by atoms with Crippen molar-refractivity contribution in [2.45, 2.75) is 192 Å². The van der Waals surface area contributed by atoms with Crippen LogP contribution in [0.5, 0.6) is 0 Å². The van der Waals surface area contributed by atoms with Crippen molar-refractivity contribution in [3.8, 4) is 0 Å². The van der Waals surface area contributed by atoms with Gasteiger partial charge in [0.05, 0.1) is 25.7 Å². The molecule has 0 aliphatic carbocycles. The summed E-state index contributed by atoms with van der Waals surface area (Å²) in [5, 5.41) is 43.1. The first-order valence-corrected chi connectivity index (χ1v) is 19.8. The van der Waals surface area contributed by atoms with Crippen molar-refractivity contribution in [3.63, 3.8) is 0 Å². The van der Waals surface area contributed by atoms with Gasteiger partial charge in [-0.1, -0.05) is 136 Å². The first kappa shape index (κ1) is 45.9. The number of carboxylic acids is 1. The molecule has 292 valence electrons. The van der Waals surface area contributed by atoms with Gasteiger partial charge in [0.1, 0.15) is 18.1 Å². The van der Waals surface area contributed by atoms with Crippen molar-refractivity contribution in [1.29, 1.82) is 0 Å². The quantitative estimate of drug-likeness (QED) is 0.0403. The largest absolute Gasteiger partial charge is 0.481 e. The second-order valence-electron chi connectivity index (χ2n) is 14.2. The van der Waals surface area contributed by atoms with E-state index in [9.17, 15) is 34.5 Å². The van der Waals surface area contributed by atoms with Gasteiger partial charge in [0, 0.05) is 19.4 Å². The minimum absolute atomic E-state index is 0.152. The summed E-state index contributed by atoms with van der Waals surface area (Å²) in [6.07, 6.45) is 17.7. The number of hydrogen-bond donors (Lipinski definition) is 6. The zero-order valence-electron chi connectivity index (χ0n) is 31.3. The van der Waals surface area contributed by atoms with E-state index in [1.807, 2.05) is 0 Å². The highest BCUT2D eigenvalue weighted by molar-refractivity contribution is 5.90. The van der Waals surface area contributed by atoms with Crippen LogP contribution >= 0.6 is 0 Å². The highest BCUT2D eigenvalue weighted by atomic mass is 16.6. The van der Waals surface area contributed by atoms with Crippen molar-refractivity contribution in [2.75, 3.05) is 19.7 Å². The molecule has 0 unspecified atom stereocenters. The number of ether oxygens (including phenoxy) is 1. The maximum absolute atomic E-state index is 13.9. The van der Waals surface area contributed by atoms with Crippen molar-refractivity contribution in [2.24, 2.45) is 11.7 Å². The smallest absolute Gasteiger partial charge is 0.303 e. The molecule has 0 spiro atoms. The van der Waals surface area contributed by atoms with E-state index in [1.165, 1.54) is 81.9 Å². The number of amides is 2. The summed E-state index contributed by atoms with van der Waals surface area (Å²) < 4.78 is 5.97. The molecule has 0 bridgehead atoms. The predicted molar refractivity (Wildman–Crippen MR) is 194 cm³/mol. The number of hydrogen-bond acceptors (Lipinski definition) is 9. The molecule has 1 fully saturated rings. The van der Waals surface area contributed by atoms with Crippen LogP contribution in [0.15, 0.2) is 0 Å². The molecule has 1 aliphatic heterocycles. The van der Waals surface area contributed by atoms with Gasteiger partial charge in [0.2, 0.25) is 17.7 Å². The Morgan fingerprint density at radius 2 is 1.14 bits per heavy atom. The molecular weight excluding hydrogens is 642 g/mol. The number of carbonyl (C=O) groups is 4. The van der Waals surface area contributed by atoms with Crippen LogP contribution in [-0.4, -0.2) is 92.8 Å². The zero-order valence-corrected chi connectivity index (χ0v) is 31.3. The number of Topliss-reactive ketones (excluding diaryl/α,β-unsaturated/α-hetero) is 1. The molecule has 1 aliphatic rings. The SMILES string of the molecule is CCCCCCCCCCCCCC(=O)N(CCCCCCCCCCCC)[C@]1(N)O[C@H](CO)[C@H](O)[C@H](O)[C@H]1C(=O)CNC(=O)CCC(=O)O. The molecular formula is C38H71N3O9. The first-order chi connectivity index (χ1) is 24.0. The second kappa shape index (κ2) is 27.5. The lowest BCUT2D eigenvalue weighted by Gasteiger charge is -2.52. The van der Waals surface area contributed by atoms with Crippen LogP contribution in [0.3, 0.4) is 0 Å². The summed E-state index contributed by atoms with van der Waals surface area (Å²) in [5.41, 5.74) is 6.81. The molecule has 12 heteroatoms. The van der Waals surface area contributed by atoms with E-state index in [0.717, 1.165) is 44.9 Å². The Hall–Kier alpha value is -2.12. The van der Waals surface area contributed by atoms with Crippen molar-refractivity contribution in [3.05, 3.63) is 0 Å². The van der Waals surface area contributed by atoms with Gasteiger partial charge in [-0.3, -0.25) is 24.9 Å². The average molecular weight is 714 g/mol. The first-order valence-electron chi connectivity index (χ1n) is 19.8. The Morgan fingerprint density at radius 1 is 0.680 bits per heavy atom. The highest BCUT2D eigenvalue weighted by Gasteiger charge is 2.58. The van der Waals surface area contributed by atoms with Crippen LogP contribution < -0.4 is 11.1 Å². The maximum Gasteiger partial charge on any atom is 0.303 e. The summed E-state index contributed by atoms with van der Waals surface area (Å²) in [5.74, 6) is -6.80. The number of nitrogens with two attached hydrogens (primary N) is 1. The normalized spacial score (nSPS) is 22.0. The fraction of sp³-hybridized carbons (Fsp3) is 0.895. The predicted octanol–water partition coefficient (Wildman–Crippen LogP) is 5.33. The Bertz CT molecular complexity index is 952. The summed E-state index contributed by atoms with van der Waals surface area (Å²) in [6, 6.07) is 0. The number of aliphatic hydroxyl groups is 3. The minimum atomic E-state index is -2.19. The highest BCUT2D eigenvalue weighted by Crippen LogP contribution is 2.36. The number of carboxylic acid groups (broad SMARTS) is 1. The number of unbranched alkanes of at least 4 members (excludes halogenated alkanes) is 19. The molecule has 0 radical (unpaired) electrons. The number of nitrogens with one attached hydrogen (secondary N) is 1. The minimum Gasteiger partial charge on any atom is -0.481 e. The Kier molecular flexibility index (Phi) is 25.3. The summed E-state index contributed by atoms with van der Waals surface area (Å²) in [6.45, 7) is 3.25. The number of rotatable bonds is 31. The molecule has 50 heavy (non-hydrogen) atoms. The maximum atomic E-state index is 13.9. The van der Waals surface area contributed by atoms with Crippen molar-refractivity contribution >= 4 is 23.6 Å². The molecule has 5 atom stereocenters. The van der Waals surface area contributed by atoms with Gasteiger partial charge >= 0.3 is 5.97 Å². The van der Waals surface area contributed by atoms with Gasteiger partial charge in [-0.15, -0.1) is 0 Å². The monoisotopic (exact) mass is 714 g/mol. The second-order valence-corrected chi connectivity index (χ2v) is 14.2. The van der Waals surface area contributed by atoms with Crippen LogP contribution in [0.4, 0.5) is 0 Å². The zero-order chi connectivity index (χ0) is 37.2. The van der Waals surface area contributed by atoms with Gasteiger partial charge in [-0.05, 0) is 12.8 Å². The van der Waals surface area contributed by atoms with Crippen molar-refractivity contribution < 1.29 is 44.3 Å². The Labute approximate surface area is 301 Å². The van der Waals surface area contributed by atoms with E-state index in [4.69, 9.17) is 15.6 Å². The third-order valence-corrected chi connectivity index (χ3v) is 9.86. The van der Waals surface area contributed by atoms with E-state index in [-0.39, 0.29) is 25.3 Å². The van der Waals surface area contributed by atoms with E-state index in [2.05, 4.69) is 19.2 Å². The molecule has 2 amide bonds. The van der Waals surface area contributed by atoms with E-state index >= 15 is 0 Å². The topological polar surface area (TPSA) is 200 Å². The number of ketones is 1. The van der Waals surface area contributed by atoms with E-state index in [0.29, 0.717) is 12.8 Å².